The quantitative estimate of drug-likeness (QED) is 0.439. The average molecular weight is 154 g/mol. The van der Waals surface area contributed by atoms with Gasteiger partial charge in [0.25, 0.3) is 0 Å². The van der Waals surface area contributed by atoms with E-state index in [1.165, 1.54) is 0 Å². The van der Waals surface area contributed by atoms with Gasteiger partial charge in [-0.25, -0.2) is 0 Å². The van der Waals surface area contributed by atoms with Crippen molar-refractivity contribution in [2.24, 2.45) is 11.8 Å². The summed E-state index contributed by atoms with van der Waals surface area (Å²) in [4.78, 5) is 10.1. The molecule has 0 saturated heterocycles. The number of rotatable bonds is 5. The minimum Gasteiger partial charge on any atom is -0.303 e. The van der Waals surface area contributed by atoms with Gasteiger partial charge in [-0.15, -0.1) is 0 Å². The smallest absolute Gasteiger partial charge is 0.120 e. The Hall–Kier alpha value is -0.590. The molecule has 0 spiro atoms. The number of aldehydes is 1. The van der Waals surface area contributed by atoms with Crippen molar-refractivity contribution in [2.75, 3.05) is 0 Å². The molecule has 0 aromatic carbocycles. The van der Waals surface area contributed by atoms with Gasteiger partial charge in [0.05, 0.1) is 0 Å². The molecule has 1 nitrogen and oxygen atoms in total. The van der Waals surface area contributed by atoms with Crippen LogP contribution in [0.5, 0.6) is 0 Å². The summed E-state index contributed by atoms with van der Waals surface area (Å²) in [7, 11) is 0. The second-order valence-corrected chi connectivity index (χ2v) is 3.42. The molecule has 0 amide bonds. The van der Waals surface area contributed by atoms with Gasteiger partial charge in [0.15, 0.2) is 0 Å². The lowest BCUT2D eigenvalue weighted by Gasteiger charge is -2.02. The Morgan fingerprint density at radius 1 is 1.18 bits per heavy atom. The lowest BCUT2D eigenvalue weighted by molar-refractivity contribution is -0.108. The van der Waals surface area contributed by atoms with E-state index in [2.05, 4.69) is 32.9 Å². The molecule has 0 aliphatic heterocycles. The Kier molecular flexibility index (Phi) is 5.81. The van der Waals surface area contributed by atoms with Crippen LogP contribution in [0.1, 0.15) is 33.6 Å². The van der Waals surface area contributed by atoms with Crippen LogP contribution in [0.2, 0.25) is 0 Å². The largest absolute Gasteiger partial charge is 0.303 e. The van der Waals surface area contributed by atoms with Gasteiger partial charge in [-0.05, 0) is 18.3 Å². The maximum absolute atomic E-state index is 10.1. The highest BCUT2D eigenvalue weighted by molar-refractivity contribution is 5.49. The first-order chi connectivity index (χ1) is 5.16. The zero-order valence-corrected chi connectivity index (χ0v) is 7.71. The number of carbonyl (C=O) groups excluding carboxylic acids is 1. The van der Waals surface area contributed by atoms with Gasteiger partial charge in [-0.3, -0.25) is 0 Å². The highest BCUT2D eigenvalue weighted by Gasteiger charge is 1.96. The summed E-state index contributed by atoms with van der Waals surface area (Å²) in [5, 5.41) is 0. The number of allylic oxidation sites excluding steroid dienone is 2. The molecular formula is C10H18O. The van der Waals surface area contributed by atoms with E-state index in [4.69, 9.17) is 0 Å². The molecule has 0 fully saturated rings. The second kappa shape index (κ2) is 6.14. The fourth-order valence-electron chi connectivity index (χ4n) is 0.844. The topological polar surface area (TPSA) is 17.1 Å². The molecule has 0 rings (SSSR count). The van der Waals surface area contributed by atoms with Gasteiger partial charge in [0.1, 0.15) is 6.29 Å². The van der Waals surface area contributed by atoms with Crippen LogP contribution in [0.3, 0.4) is 0 Å². The summed E-state index contributed by atoms with van der Waals surface area (Å²) in [6, 6.07) is 0. The maximum atomic E-state index is 10.1. The van der Waals surface area contributed by atoms with Crippen molar-refractivity contribution in [3.63, 3.8) is 0 Å². The number of hydrogen-bond acceptors (Lipinski definition) is 1. The number of carbonyl (C=O) groups is 1. The van der Waals surface area contributed by atoms with Crippen LogP contribution in [-0.4, -0.2) is 6.29 Å². The molecule has 11 heavy (non-hydrogen) atoms. The highest BCUT2D eigenvalue weighted by Crippen LogP contribution is 2.07. The van der Waals surface area contributed by atoms with Crippen molar-refractivity contribution in [3.8, 4) is 0 Å². The van der Waals surface area contributed by atoms with E-state index < -0.39 is 0 Å². The highest BCUT2D eigenvalue weighted by atomic mass is 16.1. The van der Waals surface area contributed by atoms with E-state index in [-0.39, 0.29) is 0 Å². The third kappa shape index (κ3) is 7.31. The first-order valence-electron chi connectivity index (χ1n) is 4.27. The Morgan fingerprint density at radius 2 is 1.82 bits per heavy atom. The molecule has 1 atom stereocenters. The molecule has 0 N–H and O–H groups in total. The van der Waals surface area contributed by atoms with E-state index in [1.807, 2.05) is 0 Å². The summed E-state index contributed by atoms with van der Waals surface area (Å²) in [5.74, 6) is 1.13. The second-order valence-electron chi connectivity index (χ2n) is 3.42. The van der Waals surface area contributed by atoms with Gasteiger partial charge in [-0.1, -0.05) is 32.9 Å². The summed E-state index contributed by atoms with van der Waals surface area (Å²) in [6.07, 6.45) is 7.05. The summed E-state index contributed by atoms with van der Waals surface area (Å²) >= 11 is 0. The molecular weight excluding hydrogens is 136 g/mol. The summed E-state index contributed by atoms with van der Waals surface area (Å²) in [6.45, 7) is 6.40. The number of hydrogen-bond donors (Lipinski definition) is 0. The van der Waals surface area contributed by atoms with Gasteiger partial charge in [0, 0.05) is 6.42 Å². The molecule has 1 unspecified atom stereocenters. The van der Waals surface area contributed by atoms with Gasteiger partial charge >= 0.3 is 0 Å². The molecule has 0 bridgehead atoms. The van der Waals surface area contributed by atoms with Crippen LogP contribution in [0.4, 0.5) is 0 Å². The Bertz CT molecular complexity index is 125. The third-order valence-corrected chi connectivity index (χ3v) is 1.56. The molecule has 0 aromatic heterocycles. The monoisotopic (exact) mass is 154 g/mol. The van der Waals surface area contributed by atoms with Crippen molar-refractivity contribution < 1.29 is 4.79 Å². The van der Waals surface area contributed by atoms with Crippen molar-refractivity contribution in [3.05, 3.63) is 12.2 Å². The van der Waals surface area contributed by atoms with Crippen LogP contribution in [-0.2, 0) is 4.79 Å². The Labute approximate surface area is 69.5 Å². The van der Waals surface area contributed by atoms with Gasteiger partial charge in [-0.2, -0.15) is 0 Å². The molecule has 0 saturated carbocycles. The minimum absolute atomic E-state index is 0.502. The Balaban J connectivity index is 3.43. The molecule has 0 radical (unpaired) electrons. The summed E-state index contributed by atoms with van der Waals surface area (Å²) < 4.78 is 0. The van der Waals surface area contributed by atoms with E-state index >= 15 is 0 Å². The minimum atomic E-state index is 0.502. The molecule has 0 aliphatic carbocycles. The van der Waals surface area contributed by atoms with E-state index in [9.17, 15) is 4.79 Å². The van der Waals surface area contributed by atoms with Crippen molar-refractivity contribution in [2.45, 2.75) is 33.6 Å². The van der Waals surface area contributed by atoms with E-state index in [1.54, 1.807) is 0 Å². The van der Waals surface area contributed by atoms with Crippen molar-refractivity contribution >= 4 is 6.29 Å². The SMILES string of the molecule is CC(C)C=CCC(C)CC=O. The summed E-state index contributed by atoms with van der Waals surface area (Å²) in [5.41, 5.74) is 0. The lowest BCUT2D eigenvalue weighted by Crippen LogP contribution is -1.92. The van der Waals surface area contributed by atoms with Crippen LogP contribution >= 0.6 is 0 Å². The normalized spacial score (nSPS) is 14.2. The van der Waals surface area contributed by atoms with Crippen LogP contribution in [0.25, 0.3) is 0 Å². The third-order valence-electron chi connectivity index (χ3n) is 1.56. The molecule has 0 aromatic rings. The zero-order valence-electron chi connectivity index (χ0n) is 7.71. The fraction of sp³-hybridized carbons (Fsp3) is 0.700. The van der Waals surface area contributed by atoms with Crippen LogP contribution in [0, 0.1) is 11.8 Å². The molecule has 64 valence electrons. The maximum Gasteiger partial charge on any atom is 0.120 e. The fourth-order valence-corrected chi connectivity index (χ4v) is 0.844. The average Bonchev–Trinajstić information content (AvgIpc) is 1.87. The zero-order chi connectivity index (χ0) is 8.69. The van der Waals surface area contributed by atoms with Crippen LogP contribution in [0.15, 0.2) is 12.2 Å². The predicted octanol–water partition coefficient (Wildman–Crippen LogP) is 2.81. The molecule has 0 heterocycles. The molecule has 1 heteroatoms. The van der Waals surface area contributed by atoms with Crippen LogP contribution < -0.4 is 0 Å². The van der Waals surface area contributed by atoms with Gasteiger partial charge in [0.2, 0.25) is 0 Å². The molecule has 0 aliphatic rings. The van der Waals surface area contributed by atoms with E-state index in [0.717, 1.165) is 12.7 Å². The van der Waals surface area contributed by atoms with E-state index in [0.29, 0.717) is 18.3 Å². The first kappa shape index (κ1) is 10.4. The first-order valence-corrected chi connectivity index (χ1v) is 4.27. The standard InChI is InChI=1S/C10H18O/c1-9(2)5-4-6-10(3)7-8-11/h4-5,8-10H,6-7H2,1-3H3. The Morgan fingerprint density at radius 3 is 2.27 bits per heavy atom. The predicted molar refractivity (Wildman–Crippen MR) is 48.4 cm³/mol. The van der Waals surface area contributed by atoms with Crippen molar-refractivity contribution in [1.29, 1.82) is 0 Å². The van der Waals surface area contributed by atoms with Crippen molar-refractivity contribution in [1.82, 2.24) is 0 Å². The lowest BCUT2D eigenvalue weighted by atomic mass is 10.0. The van der Waals surface area contributed by atoms with Gasteiger partial charge < -0.3 is 4.79 Å².